The third-order valence-electron chi connectivity index (χ3n) is 6.00. The maximum Gasteiger partial charge on any atom is 0.423 e. The van der Waals surface area contributed by atoms with Crippen LogP contribution >= 0.6 is 0 Å². The molecule has 208 valence electrons. The number of benzene rings is 3. The summed E-state index contributed by atoms with van der Waals surface area (Å²) in [5.74, 6) is -2.67. The van der Waals surface area contributed by atoms with Crippen LogP contribution in [0.4, 0.5) is 26.3 Å². The first-order valence-electron chi connectivity index (χ1n) is 11.7. The number of alkyl halides is 6. The van der Waals surface area contributed by atoms with Gasteiger partial charge in [0.1, 0.15) is 22.5 Å². The molecule has 0 fully saturated rings. The van der Waals surface area contributed by atoms with Crippen molar-refractivity contribution in [2.75, 3.05) is 6.61 Å². The molecule has 0 atom stereocenters. The lowest BCUT2D eigenvalue weighted by molar-refractivity contribution is -0.140. The van der Waals surface area contributed by atoms with Crippen molar-refractivity contribution >= 4 is 33.9 Å². The topological polar surface area (TPSA) is 65.7 Å². The van der Waals surface area contributed by atoms with Crippen molar-refractivity contribution in [3.8, 4) is 16.9 Å². The number of hydrogen-bond acceptors (Lipinski definition) is 5. The molecule has 1 heterocycles. The van der Waals surface area contributed by atoms with Gasteiger partial charge >= 0.3 is 24.3 Å². The van der Waals surface area contributed by atoms with Gasteiger partial charge in [0, 0.05) is 22.9 Å². The van der Waals surface area contributed by atoms with Crippen molar-refractivity contribution < 1.29 is 49.8 Å². The van der Waals surface area contributed by atoms with E-state index in [0.29, 0.717) is 18.9 Å². The van der Waals surface area contributed by atoms with Crippen LogP contribution in [0.3, 0.4) is 0 Å². The molecule has 4 rings (SSSR count). The second kappa shape index (κ2) is 10.9. The van der Waals surface area contributed by atoms with Crippen LogP contribution in [0.1, 0.15) is 23.1 Å². The molecule has 0 radical (unpaired) electrons. The maximum absolute atomic E-state index is 14.4. The van der Waals surface area contributed by atoms with Crippen molar-refractivity contribution in [2.24, 2.45) is 0 Å². The zero-order valence-corrected chi connectivity index (χ0v) is 20.6. The van der Waals surface area contributed by atoms with E-state index >= 15 is 0 Å². The van der Waals surface area contributed by atoms with Crippen LogP contribution in [0.5, 0.6) is 5.75 Å². The Labute approximate surface area is 223 Å². The smallest absolute Gasteiger partial charge is 0.423 e. The summed E-state index contributed by atoms with van der Waals surface area (Å²) < 4.78 is 100. The van der Waals surface area contributed by atoms with E-state index in [2.05, 4.69) is 13.2 Å². The summed E-state index contributed by atoms with van der Waals surface area (Å²) in [6.45, 7) is 6.56. The summed E-state index contributed by atoms with van der Waals surface area (Å²) in [7, 11) is 0. The van der Waals surface area contributed by atoms with Gasteiger partial charge in [-0.25, -0.2) is 9.59 Å². The molecule has 0 saturated carbocycles. The molecule has 5 nitrogen and oxygen atoms in total. The van der Waals surface area contributed by atoms with Gasteiger partial charge < -0.3 is 13.9 Å². The summed E-state index contributed by atoms with van der Waals surface area (Å²) in [6.07, 6.45) is -7.47. The van der Waals surface area contributed by atoms with E-state index in [-0.39, 0.29) is 28.5 Å². The first kappa shape index (κ1) is 28.5. The number of furan rings is 1. The van der Waals surface area contributed by atoms with Crippen molar-refractivity contribution in [3.63, 3.8) is 0 Å². The number of esters is 2. The molecule has 0 aliphatic rings. The zero-order valence-electron chi connectivity index (χ0n) is 20.6. The van der Waals surface area contributed by atoms with Crippen molar-refractivity contribution in [2.45, 2.75) is 25.2 Å². The Morgan fingerprint density at radius 3 is 1.93 bits per heavy atom. The molecule has 0 bridgehead atoms. The molecule has 0 saturated heterocycles. The number of carbonyl (C=O) groups is 2. The first-order chi connectivity index (χ1) is 18.8. The van der Waals surface area contributed by atoms with E-state index in [4.69, 9.17) is 13.9 Å². The molecular formula is C29H20F6O5. The zero-order chi connectivity index (χ0) is 29.2. The highest BCUT2D eigenvalue weighted by atomic mass is 19.4. The number of fused-ring (bicyclic) bond motifs is 3. The molecule has 0 amide bonds. The molecule has 4 aromatic rings. The maximum atomic E-state index is 14.4. The molecule has 11 heteroatoms. The number of hydrogen-bond donors (Lipinski definition) is 0. The molecule has 0 unspecified atom stereocenters. The summed E-state index contributed by atoms with van der Waals surface area (Å²) in [6, 6.07) is 10.5. The highest BCUT2D eigenvalue weighted by Gasteiger charge is 2.42. The Morgan fingerprint density at radius 2 is 1.35 bits per heavy atom. The van der Waals surface area contributed by atoms with E-state index < -0.39 is 52.3 Å². The molecule has 3 aromatic carbocycles. The largest absolute Gasteiger partial charge is 0.463 e. The van der Waals surface area contributed by atoms with Crippen LogP contribution < -0.4 is 4.74 Å². The Morgan fingerprint density at radius 1 is 0.775 bits per heavy atom. The first-order valence-corrected chi connectivity index (χ1v) is 11.7. The van der Waals surface area contributed by atoms with E-state index in [1.165, 1.54) is 24.3 Å². The van der Waals surface area contributed by atoms with Gasteiger partial charge in [-0.3, -0.25) is 0 Å². The van der Waals surface area contributed by atoms with Gasteiger partial charge in [0.15, 0.2) is 5.58 Å². The number of carbonyl (C=O) groups excluding carboxylic acids is 2. The summed E-state index contributed by atoms with van der Waals surface area (Å²) in [5, 5.41) is -0.422. The molecule has 0 N–H and O–H groups in total. The van der Waals surface area contributed by atoms with Gasteiger partial charge in [-0.1, -0.05) is 43.5 Å². The molecule has 0 aliphatic carbocycles. The molecule has 0 aliphatic heterocycles. The predicted molar refractivity (Wildman–Crippen MR) is 134 cm³/mol. The number of aryl methyl sites for hydroxylation is 1. The SMILES string of the molecule is C=CC(=O)OCCCc1ccc(-c2ccc3c(oc4c(C(F)(F)F)c(OC(=O)C=C)ccc43)c2C(F)(F)F)cc1. The minimum absolute atomic E-state index is 0.141. The lowest BCUT2D eigenvalue weighted by atomic mass is 9.95. The Bertz CT molecular complexity index is 1610. The van der Waals surface area contributed by atoms with E-state index in [9.17, 15) is 35.9 Å². The number of ether oxygens (including phenoxy) is 2. The van der Waals surface area contributed by atoms with Crippen molar-refractivity contribution in [3.05, 3.63) is 90.5 Å². The van der Waals surface area contributed by atoms with Gasteiger partial charge in [0.25, 0.3) is 0 Å². The van der Waals surface area contributed by atoms with Gasteiger partial charge in [0.05, 0.1) is 6.61 Å². The number of rotatable bonds is 8. The fourth-order valence-corrected chi connectivity index (χ4v) is 4.27. The summed E-state index contributed by atoms with van der Waals surface area (Å²) in [5.41, 5.74) is -3.81. The second-order valence-electron chi connectivity index (χ2n) is 8.58. The van der Waals surface area contributed by atoms with Gasteiger partial charge in [-0.15, -0.1) is 0 Å². The monoisotopic (exact) mass is 562 g/mol. The van der Waals surface area contributed by atoms with Gasteiger partial charge in [-0.2, -0.15) is 26.3 Å². The van der Waals surface area contributed by atoms with Crippen LogP contribution in [-0.2, 0) is 33.1 Å². The van der Waals surface area contributed by atoms with Gasteiger partial charge in [0.2, 0.25) is 0 Å². The van der Waals surface area contributed by atoms with E-state index in [1.54, 1.807) is 12.1 Å². The van der Waals surface area contributed by atoms with Crippen molar-refractivity contribution in [1.82, 2.24) is 0 Å². The van der Waals surface area contributed by atoms with E-state index in [0.717, 1.165) is 23.8 Å². The lowest BCUT2D eigenvalue weighted by Gasteiger charge is -2.14. The van der Waals surface area contributed by atoms with Crippen molar-refractivity contribution in [1.29, 1.82) is 0 Å². The predicted octanol–water partition coefficient (Wildman–Crippen LogP) is 8.04. The van der Waals surface area contributed by atoms with Gasteiger partial charge in [-0.05, 0) is 47.7 Å². The molecule has 1 aromatic heterocycles. The fourth-order valence-electron chi connectivity index (χ4n) is 4.27. The Hall–Kier alpha value is -4.54. The highest BCUT2D eigenvalue weighted by Crippen LogP contribution is 2.48. The Kier molecular flexibility index (Phi) is 7.77. The minimum atomic E-state index is -5.12. The number of halogens is 6. The average Bonchev–Trinajstić information content (AvgIpc) is 3.27. The molecular weight excluding hydrogens is 542 g/mol. The Balaban J connectivity index is 1.81. The van der Waals surface area contributed by atoms with Crippen LogP contribution in [0.15, 0.2) is 78.3 Å². The third kappa shape index (κ3) is 5.73. The van der Waals surface area contributed by atoms with Crippen LogP contribution in [0.25, 0.3) is 33.1 Å². The van der Waals surface area contributed by atoms with Crippen LogP contribution in [0, 0.1) is 0 Å². The van der Waals surface area contributed by atoms with Crippen LogP contribution in [0.2, 0.25) is 0 Å². The normalized spacial score (nSPS) is 11.9. The average molecular weight is 562 g/mol. The lowest BCUT2D eigenvalue weighted by Crippen LogP contribution is -2.12. The molecule has 40 heavy (non-hydrogen) atoms. The third-order valence-corrected chi connectivity index (χ3v) is 6.00. The summed E-state index contributed by atoms with van der Waals surface area (Å²) >= 11 is 0. The van der Waals surface area contributed by atoms with E-state index in [1.807, 2.05) is 0 Å². The fraction of sp³-hybridized carbons (Fsp3) is 0.172. The standard InChI is InChI=1S/C29H20F6O5/c1-3-22(36)38-15-5-6-16-7-9-17(10-8-16)18-11-12-19-20-13-14-21(39-23(37)4-2)25(29(33,34)35)27(20)40-26(19)24(18)28(30,31)32/h3-4,7-14H,1-2,5-6,15H2. The van der Waals surface area contributed by atoms with Crippen LogP contribution in [-0.4, -0.2) is 18.5 Å². The molecule has 0 spiro atoms. The highest BCUT2D eigenvalue weighted by molar-refractivity contribution is 6.09. The summed E-state index contributed by atoms with van der Waals surface area (Å²) in [4.78, 5) is 22.7. The second-order valence-corrected chi connectivity index (χ2v) is 8.58. The quantitative estimate of drug-likeness (QED) is 0.0715. The minimum Gasteiger partial charge on any atom is -0.463 e.